The summed E-state index contributed by atoms with van der Waals surface area (Å²) < 4.78 is 0. The van der Waals surface area contributed by atoms with E-state index >= 15 is 0 Å². The fourth-order valence-corrected chi connectivity index (χ4v) is 4.14. The van der Waals surface area contributed by atoms with Crippen LogP contribution in [-0.4, -0.2) is 113 Å². The normalized spacial score (nSPS) is 18.2. The highest BCUT2D eigenvalue weighted by Crippen LogP contribution is 2.20. The molecule has 2 amide bonds. The second-order valence-corrected chi connectivity index (χ2v) is 9.58. The van der Waals surface area contributed by atoms with Gasteiger partial charge in [-0.3, -0.25) is 19.7 Å². The Morgan fingerprint density at radius 2 is 1.08 bits per heavy atom. The zero-order valence-corrected chi connectivity index (χ0v) is 21.8. The lowest BCUT2D eigenvalue weighted by Crippen LogP contribution is -2.48. The SMILES string of the molecule is CN1CCN(C(=O)C(O)c2ccc(N)cc2)CC1.CN1CCN(C(=O)C(O)c2ccc([N+](=O)[O-])cc2)CC1. The number of benzene rings is 2. The molecule has 2 heterocycles. The Labute approximate surface area is 222 Å². The summed E-state index contributed by atoms with van der Waals surface area (Å²) in [6.07, 6.45) is -2.35. The van der Waals surface area contributed by atoms with Gasteiger partial charge in [0.2, 0.25) is 0 Å². The molecule has 2 aromatic carbocycles. The highest BCUT2D eigenvalue weighted by atomic mass is 16.6. The number of rotatable bonds is 5. The number of anilines is 1. The monoisotopic (exact) mass is 528 g/mol. The highest BCUT2D eigenvalue weighted by Gasteiger charge is 2.27. The van der Waals surface area contributed by atoms with Crippen LogP contribution in [0.5, 0.6) is 0 Å². The van der Waals surface area contributed by atoms with Crippen molar-refractivity contribution in [1.29, 1.82) is 0 Å². The number of nitrogen functional groups attached to an aromatic ring is 1. The van der Waals surface area contributed by atoms with Crippen molar-refractivity contribution in [2.45, 2.75) is 12.2 Å². The lowest BCUT2D eigenvalue weighted by atomic mass is 10.1. The van der Waals surface area contributed by atoms with E-state index in [0.717, 1.165) is 26.2 Å². The van der Waals surface area contributed by atoms with E-state index < -0.39 is 17.1 Å². The molecule has 2 aromatic rings. The first-order valence-electron chi connectivity index (χ1n) is 12.5. The Balaban J connectivity index is 0.000000212. The molecule has 2 saturated heterocycles. The minimum Gasteiger partial charge on any atom is -0.399 e. The van der Waals surface area contributed by atoms with E-state index in [2.05, 4.69) is 9.80 Å². The molecule has 38 heavy (non-hydrogen) atoms. The summed E-state index contributed by atoms with van der Waals surface area (Å²) in [5, 5.41) is 30.7. The van der Waals surface area contributed by atoms with Crippen molar-refractivity contribution < 1.29 is 24.7 Å². The Hall–Kier alpha value is -3.58. The van der Waals surface area contributed by atoms with Gasteiger partial charge >= 0.3 is 0 Å². The molecule has 0 bridgehead atoms. The average molecular weight is 529 g/mol. The molecule has 0 aromatic heterocycles. The first-order valence-corrected chi connectivity index (χ1v) is 12.5. The number of likely N-dealkylation sites (N-methyl/N-ethyl adjacent to an activating group) is 2. The van der Waals surface area contributed by atoms with Gasteiger partial charge in [-0.1, -0.05) is 12.1 Å². The summed E-state index contributed by atoms with van der Waals surface area (Å²) in [6, 6.07) is 12.2. The van der Waals surface area contributed by atoms with Crippen molar-refractivity contribution in [3.8, 4) is 0 Å². The van der Waals surface area contributed by atoms with E-state index in [-0.39, 0.29) is 17.5 Å². The maximum absolute atomic E-state index is 12.1. The molecule has 2 unspecified atom stereocenters. The summed E-state index contributed by atoms with van der Waals surface area (Å²) in [5.74, 6) is -0.583. The number of hydrogen-bond acceptors (Lipinski definition) is 9. The van der Waals surface area contributed by atoms with Crippen LogP contribution in [0.3, 0.4) is 0 Å². The van der Waals surface area contributed by atoms with Crippen molar-refractivity contribution in [2.24, 2.45) is 0 Å². The number of hydrogen-bond donors (Lipinski definition) is 3. The molecule has 12 heteroatoms. The molecule has 0 radical (unpaired) electrons. The third-order valence-corrected chi connectivity index (χ3v) is 6.77. The van der Waals surface area contributed by atoms with Gasteiger partial charge in [-0.25, -0.2) is 0 Å². The molecule has 4 rings (SSSR count). The van der Waals surface area contributed by atoms with Gasteiger partial charge in [0.25, 0.3) is 17.5 Å². The Morgan fingerprint density at radius 3 is 1.42 bits per heavy atom. The van der Waals surface area contributed by atoms with Crippen LogP contribution in [0.2, 0.25) is 0 Å². The van der Waals surface area contributed by atoms with Crippen molar-refractivity contribution >= 4 is 23.2 Å². The van der Waals surface area contributed by atoms with Crippen LogP contribution in [0.15, 0.2) is 48.5 Å². The maximum Gasteiger partial charge on any atom is 0.269 e. The van der Waals surface area contributed by atoms with Gasteiger partial charge < -0.3 is 35.5 Å². The second-order valence-electron chi connectivity index (χ2n) is 9.58. The molecule has 2 fully saturated rings. The number of nitro benzene ring substituents is 1. The zero-order chi connectivity index (χ0) is 27.8. The molecule has 0 aliphatic carbocycles. The van der Waals surface area contributed by atoms with Gasteiger partial charge in [-0.05, 0) is 49.5 Å². The number of piperazine rings is 2. The van der Waals surface area contributed by atoms with Gasteiger partial charge in [0.15, 0.2) is 12.2 Å². The van der Waals surface area contributed by atoms with Gasteiger partial charge in [0.1, 0.15) is 0 Å². The lowest BCUT2D eigenvalue weighted by Gasteiger charge is -2.33. The Kier molecular flexibility index (Phi) is 10.1. The number of nitrogens with zero attached hydrogens (tertiary/aromatic N) is 5. The molecular formula is C26H36N6O6. The van der Waals surface area contributed by atoms with Gasteiger partial charge in [-0.15, -0.1) is 0 Å². The quantitative estimate of drug-likeness (QED) is 0.285. The van der Waals surface area contributed by atoms with Crippen LogP contribution in [-0.2, 0) is 9.59 Å². The summed E-state index contributed by atoms with van der Waals surface area (Å²) in [4.78, 5) is 41.9. The minimum absolute atomic E-state index is 0.0620. The summed E-state index contributed by atoms with van der Waals surface area (Å²) in [5.41, 5.74) is 7.11. The van der Waals surface area contributed by atoms with E-state index in [1.165, 1.54) is 24.3 Å². The summed E-state index contributed by atoms with van der Waals surface area (Å²) in [6.45, 7) is 5.75. The van der Waals surface area contributed by atoms with Crippen LogP contribution in [0.1, 0.15) is 23.3 Å². The summed E-state index contributed by atoms with van der Waals surface area (Å²) >= 11 is 0. The smallest absolute Gasteiger partial charge is 0.269 e. The lowest BCUT2D eigenvalue weighted by molar-refractivity contribution is -0.384. The van der Waals surface area contributed by atoms with Gasteiger partial charge in [0.05, 0.1) is 4.92 Å². The van der Waals surface area contributed by atoms with Crippen LogP contribution in [0.25, 0.3) is 0 Å². The highest BCUT2D eigenvalue weighted by molar-refractivity contribution is 5.82. The van der Waals surface area contributed by atoms with Crippen LogP contribution < -0.4 is 5.73 Å². The Morgan fingerprint density at radius 1 is 0.737 bits per heavy atom. The van der Waals surface area contributed by atoms with Crippen LogP contribution >= 0.6 is 0 Å². The molecule has 2 aliphatic heterocycles. The number of amides is 2. The number of nitro groups is 1. The Bertz CT molecular complexity index is 1080. The number of nitrogens with two attached hydrogens (primary N) is 1. The van der Waals surface area contributed by atoms with Crippen LogP contribution in [0, 0.1) is 10.1 Å². The van der Waals surface area contributed by atoms with Crippen LogP contribution in [0.4, 0.5) is 11.4 Å². The van der Waals surface area contributed by atoms with Crippen molar-refractivity contribution in [3.05, 3.63) is 69.8 Å². The van der Waals surface area contributed by atoms with Crippen molar-refractivity contribution in [2.75, 3.05) is 72.2 Å². The minimum atomic E-state index is -1.26. The van der Waals surface area contributed by atoms with Gasteiger partial charge in [0, 0.05) is 70.2 Å². The predicted molar refractivity (Wildman–Crippen MR) is 142 cm³/mol. The zero-order valence-electron chi connectivity index (χ0n) is 21.8. The number of carbonyl (C=O) groups is 2. The molecule has 0 saturated carbocycles. The number of aliphatic hydroxyl groups is 2. The maximum atomic E-state index is 12.1. The van der Waals surface area contributed by atoms with Gasteiger partial charge in [-0.2, -0.15) is 0 Å². The third-order valence-electron chi connectivity index (χ3n) is 6.77. The van der Waals surface area contributed by atoms with Crippen molar-refractivity contribution in [1.82, 2.24) is 19.6 Å². The predicted octanol–water partition coefficient (Wildman–Crippen LogP) is 0.478. The topological polar surface area (TPSA) is 157 Å². The van der Waals surface area contributed by atoms with E-state index in [4.69, 9.17) is 5.73 Å². The average Bonchev–Trinajstić information content (AvgIpc) is 2.93. The summed E-state index contributed by atoms with van der Waals surface area (Å²) in [7, 11) is 4.01. The molecule has 206 valence electrons. The first-order chi connectivity index (χ1) is 18.1. The number of carbonyl (C=O) groups excluding carboxylic acids is 2. The molecular weight excluding hydrogens is 492 g/mol. The number of aliphatic hydroxyl groups excluding tert-OH is 2. The standard InChI is InChI=1S/C13H17N3O4.C13H19N3O2/c1-14-6-8-15(9-7-14)13(18)12(17)10-2-4-11(5-3-10)16(19)20;1-15-6-8-16(9-7-15)13(18)12(17)10-2-4-11(14)5-3-10/h2-5,12,17H,6-9H2,1H3;2-5,12,17H,6-9,14H2,1H3. The third kappa shape index (κ3) is 7.71. The fourth-order valence-electron chi connectivity index (χ4n) is 4.14. The molecule has 12 nitrogen and oxygen atoms in total. The fraction of sp³-hybridized carbons (Fsp3) is 0.462. The molecule has 2 aliphatic rings. The molecule has 0 spiro atoms. The second kappa shape index (κ2) is 13.3. The molecule has 2 atom stereocenters. The first kappa shape index (κ1) is 29.0. The largest absolute Gasteiger partial charge is 0.399 e. The van der Waals surface area contributed by atoms with E-state index in [1.807, 2.05) is 14.1 Å². The van der Waals surface area contributed by atoms with E-state index in [1.54, 1.807) is 34.1 Å². The van der Waals surface area contributed by atoms with E-state index in [0.29, 0.717) is 43.0 Å². The number of non-ortho nitro benzene ring substituents is 1. The van der Waals surface area contributed by atoms with Crippen molar-refractivity contribution in [3.63, 3.8) is 0 Å². The van der Waals surface area contributed by atoms with E-state index in [9.17, 15) is 29.9 Å². The molecule has 4 N–H and O–H groups in total.